The number of hydrogen-bond acceptors (Lipinski definition) is 6. The summed E-state index contributed by atoms with van der Waals surface area (Å²) in [7, 11) is 0. The zero-order chi connectivity index (χ0) is 19.5. The Morgan fingerprint density at radius 1 is 1.25 bits per heavy atom. The Morgan fingerprint density at radius 3 is 2.96 bits per heavy atom. The van der Waals surface area contributed by atoms with Gasteiger partial charge in [0.15, 0.2) is 11.9 Å². The van der Waals surface area contributed by atoms with Gasteiger partial charge in [-0.15, -0.1) is 0 Å². The minimum absolute atomic E-state index is 0.0300. The summed E-state index contributed by atoms with van der Waals surface area (Å²) in [5, 5.41) is 4.32. The van der Waals surface area contributed by atoms with Gasteiger partial charge in [-0.2, -0.15) is 0 Å². The van der Waals surface area contributed by atoms with Gasteiger partial charge in [0.25, 0.3) is 5.91 Å². The van der Waals surface area contributed by atoms with E-state index in [1.54, 1.807) is 42.6 Å². The lowest BCUT2D eigenvalue weighted by atomic mass is 10.1. The first-order valence-corrected chi connectivity index (χ1v) is 8.91. The largest absolute Gasteiger partial charge is 0.471 e. The molecule has 2 unspecified atom stereocenters. The van der Waals surface area contributed by atoms with E-state index in [9.17, 15) is 9.18 Å². The molecule has 2 atom stereocenters. The Balaban J connectivity index is 1.56. The maximum Gasteiger partial charge on any atom is 0.276 e. The molecule has 0 saturated carbocycles. The van der Waals surface area contributed by atoms with Gasteiger partial charge in [0.05, 0.1) is 18.9 Å². The molecule has 1 saturated heterocycles. The molecular formula is C20H19FN4O3. The van der Waals surface area contributed by atoms with Crippen molar-refractivity contribution in [2.75, 3.05) is 24.3 Å². The molecule has 3 aromatic rings. The molecule has 3 N–H and O–H groups in total. The molecular weight excluding hydrogens is 363 g/mol. The summed E-state index contributed by atoms with van der Waals surface area (Å²) in [5.74, 6) is -0.0376. The molecule has 0 spiro atoms. The van der Waals surface area contributed by atoms with Gasteiger partial charge >= 0.3 is 0 Å². The fourth-order valence-corrected chi connectivity index (χ4v) is 3.08. The smallest absolute Gasteiger partial charge is 0.276 e. The predicted molar refractivity (Wildman–Crippen MR) is 103 cm³/mol. The number of anilines is 2. The number of nitrogens with one attached hydrogen (secondary N) is 1. The van der Waals surface area contributed by atoms with E-state index in [1.165, 1.54) is 6.20 Å². The number of nitrogen functional groups attached to an aromatic ring is 1. The number of aromatic nitrogens is 2. The van der Waals surface area contributed by atoms with Crippen molar-refractivity contribution in [2.24, 2.45) is 0 Å². The lowest BCUT2D eigenvalue weighted by molar-refractivity contribution is -0.0391. The van der Waals surface area contributed by atoms with Crippen molar-refractivity contribution in [1.82, 2.24) is 9.97 Å². The van der Waals surface area contributed by atoms with Crippen molar-refractivity contribution in [2.45, 2.75) is 18.7 Å². The summed E-state index contributed by atoms with van der Waals surface area (Å²) in [6, 6.07) is 10.4. The van der Waals surface area contributed by atoms with E-state index in [2.05, 4.69) is 15.3 Å². The topological polar surface area (TPSA) is 99.4 Å². The molecule has 144 valence electrons. The van der Waals surface area contributed by atoms with E-state index in [0.29, 0.717) is 30.3 Å². The highest BCUT2D eigenvalue weighted by Crippen LogP contribution is 2.28. The van der Waals surface area contributed by atoms with Gasteiger partial charge in [0.1, 0.15) is 6.10 Å². The third-order valence-corrected chi connectivity index (χ3v) is 4.53. The number of halogens is 1. The van der Waals surface area contributed by atoms with Crippen molar-refractivity contribution in [3.8, 4) is 5.88 Å². The SMILES string of the molecule is Nc1cccnc1C(=O)Nc1ccc2c(OC3CCOCC3F)nccc2c1. The second kappa shape index (κ2) is 7.77. The number of ether oxygens (including phenoxy) is 2. The number of pyridine rings is 2. The summed E-state index contributed by atoms with van der Waals surface area (Å²) in [4.78, 5) is 20.6. The molecule has 1 fully saturated rings. The monoisotopic (exact) mass is 382 g/mol. The van der Waals surface area contributed by atoms with Crippen LogP contribution in [0, 0.1) is 0 Å². The number of alkyl halides is 1. The van der Waals surface area contributed by atoms with Crippen LogP contribution >= 0.6 is 0 Å². The van der Waals surface area contributed by atoms with Gasteiger partial charge in [0, 0.05) is 29.9 Å². The van der Waals surface area contributed by atoms with Crippen LogP contribution in [0.3, 0.4) is 0 Å². The van der Waals surface area contributed by atoms with Gasteiger partial charge in [0.2, 0.25) is 5.88 Å². The Hall–Kier alpha value is -3.26. The molecule has 3 heterocycles. The number of amides is 1. The first kappa shape index (κ1) is 18.1. The average molecular weight is 382 g/mol. The van der Waals surface area contributed by atoms with Crippen LogP contribution < -0.4 is 15.8 Å². The van der Waals surface area contributed by atoms with Crippen LogP contribution in [-0.4, -0.2) is 41.4 Å². The lowest BCUT2D eigenvalue weighted by Crippen LogP contribution is -2.38. The highest BCUT2D eigenvalue weighted by Gasteiger charge is 2.28. The van der Waals surface area contributed by atoms with E-state index >= 15 is 0 Å². The normalized spacial score (nSPS) is 19.3. The maximum atomic E-state index is 14.0. The van der Waals surface area contributed by atoms with Crippen molar-refractivity contribution in [1.29, 1.82) is 0 Å². The molecule has 1 aromatic carbocycles. The van der Waals surface area contributed by atoms with Crippen LogP contribution in [-0.2, 0) is 4.74 Å². The van der Waals surface area contributed by atoms with Crippen LogP contribution in [0.15, 0.2) is 48.8 Å². The standard InChI is InChI=1S/C20H19FN4O3/c21-15-11-27-9-6-17(15)28-20-14-4-3-13(10-12(14)5-8-24-20)25-19(26)18-16(22)2-1-7-23-18/h1-5,7-8,10,15,17H,6,9,11,22H2,(H,25,26). The van der Waals surface area contributed by atoms with Gasteiger partial charge < -0.3 is 20.5 Å². The highest BCUT2D eigenvalue weighted by atomic mass is 19.1. The van der Waals surface area contributed by atoms with E-state index in [-0.39, 0.29) is 12.3 Å². The Labute approximate surface area is 160 Å². The number of carbonyl (C=O) groups is 1. The Morgan fingerprint density at radius 2 is 2.14 bits per heavy atom. The number of carbonyl (C=O) groups excluding carboxylic acids is 1. The van der Waals surface area contributed by atoms with Gasteiger partial charge in [-0.05, 0) is 41.8 Å². The Bertz CT molecular complexity index is 1010. The molecule has 0 aliphatic carbocycles. The number of fused-ring (bicyclic) bond motifs is 1. The molecule has 1 aliphatic heterocycles. The third-order valence-electron chi connectivity index (χ3n) is 4.53. The summed E-state index contributed by atoms with van der Waals surface area (Å²) >= 11 is 0. The van der Waals surface area contributed by atoms with Crippen molar-refractivity contribution < 1.29 is 18.7 Å². The lowest BCUT2D eigenvalue weighted by Gasteiger charge is -2.26. The number of benzene rings is 1. The quantitative estimate of drug-likeness (QED) is 0.720. The minimum Gasteiger partial charge on any atom is -0.471 e. The minimum atomic E-state index is -1.19. The van der Waals surface area contributed by atoms with Gasteiger partial charge in [-0.25, -0.2) is 14.4 Å². The fourth-order valence-electron chi connectivity index (χ4n) is 3.08. The third kappa shape index (κ3) is 3.72. The zero-order valence-electron chi connectivity index (χ0n) is 15.0. The molecule has 0 radical (unpaired) electrons. The van der Waals surface area contributed by atoms with Crippen LogP contribution in [0.4, 0.5) is 15.8 Å². The van der Waals surface area contributed by atoms with Crippen molar-refractivity contribution in [3.05, 3.63) is 54.5 Å². The van der Waals surface area contributed by atoms with Crippen LogP contribution in [0.2, 0.25) is 0 Å². The molecule has 0 bridgehead atoms. The number of hydrogen-bond donors (Lipinski definition) is 2. The highest BCUT2D eigenvalue weighted by molar-refractivity contribution is 6.07. The summed E-state index contributed by atoms with van der Waals surface area (Å²) in [6.07, 6.45) is 1.80. The second-order valence-electron chi connectivity index (χ2n) is 6.48. The second-order valence-corrected chi connectivity index (χ2v) is 6.48. The number of rotatable bonds is 4. The average Bonchev–Trinajstić information content (AvgIpc) is 2.70. The van der Waals surface area contributed by atoms with E-state index in [1.807, 2.05) is 0 Å². The summed E-state index contributed by atoms with van der Waals surface area (Å²) in [5.41, 5.74) is 6.84. The molecule has 7 nitrogen and oxygen atoms in total. The van der Waals surface area contributed by atoms with Gasteiger partial charge in [-0.1, -0.05) is 0 Å². The first-order chi connectivity index (χ1) is 13.6. The van der Waals surface area contributed by atoms with Crippen LogP contribution in [0.1, 0.15) is 16.9 Å². The van der Waals surface area contributed by atoms with Gasteiger partial charge in [-0.3, -0.25) is 4.79 Å². The first-order valence-electron chi connectivity index (χ1n) is 8.91. The van der Waals surface area contributed by atoms with E-state index in [4.69, 9.17) is 15.2 Å². The molecule has 1 aliphatic rings. The predicted octanol–water partition coefficient (Wildman–Crippen LogP) is 2.97. The van der Waals surface area contributed by atoms with E-state index < -0.39 is 18.2 Å². The fraction of sp³-hybridized carbons (Fsp3) is 0.250. The molecule has 8 heteroatoms. The number of nitrogens with zero attached hydrogens (tertiary/aromatic N) is 2. The Kier molecular flexibility index (Phi) is 5.03. The maximum absolute atomic E-state index is 14.0. The zero-order valence-corrected chi connectivity index (χ0v) is 15.0. The van der Waals surface area contributed by atoms with Crippen LogP contribution in [0.5, 0.6) is 5.88 Å². The molecule has 2 aromatic heterocycles. The summed E-state index contributed by atoms with van der Waals surface area (Å²) < 4.78 is 24.9. The molecule has 1 amide bonds. The van der Waals surface area contributed by atoms with Crippen molar-refractivity contribution in [3.63, 3.8) is 0 Å². The van der Waals surface area contributed by atoms with Crippen molar-refractivity contribution >= 4 is 28.1 Å². The van der Waals surface area contributed by atoms with E-state index in [0.717, 1.165) is 10.8 Å². The number of nitrogens with two attached hydrogens (primary N) is 1. The van der Waals surface area contributed by atoms with Crippen LogP contribution in [0.25, 0.3) is 10.8 Å². The summed E-state index contributed by atoms with van der Waals surface area (Å²) in [6.45, 7) is 0.491. The molecule has 28 heavy (non-hydrogen) atoms. The molecule has 4 rings (SSSR count).